The van der Waals surface area contributed by atoms with Crippen LogP contribution in [0, 0.1) is 0 Å². The third-order valence-corrected chi connectivity index (χ3v) is 6.92. The third-order valence-electron chi connectivity index (χ3n) is 6.92. The third kappa shape index (κ3) is 8.68. The molecule has 0 spiro atoms. The van der Waals surface area contributed by atoms with E-state index in [2.05, 4.69) is 12.4 Å². The molecule has 0 aromatic heterocycles. The molecule has 1 amide bonds. The minimum absolute atomic E-state index is 0. The SMILES string of the molecule is COc1ccc(CC[N+](C)(CCCNC(=O)c2ccc(C(F)(F)F)cc2)c2ccc(OC)c(OC)c2)cc1OC.Cl. The number of methoxy groups -OCH3 is 4. The average Bonchev–Trinajstić information content (AvgIpc) is 2.97. The van der Waals surface area contributed by atoms with Crippen molar-refractivity contribution in [1.29, 1.82) is 0 Å². The van der Waals surface area contributed by atoms with Gasteiger partial charge in [0.05, 0.1) is 54.1 Å². The lowest BCUT2D eigenvalue weighted by molar-refractivity contribution is -0.137. The minimum Gasteiger partial charge on any atom is -0.493 e. The first kappa shape index (κ1) is 33.6. The Morgan fingerprint density at radius 2 is 1.34 bits per heavy atom. The van der Waals surface area contributed by atoms with Crippen LogP contribution in [0.5, 0.6) is 23.0 Å². The summed E-state index contributed by atoms with van der Waals surface area (Å²) in [5.74, 6) is 2.14. The molecule has 0 heterocycles. The second-order valence-electron chi connectivity index (χ2n) is 9.51. The maximum absolute atomic E-state index is 12.8. The zero-order valence-electron chi connectivity index (χ0n) is 23.8. The normalized spacial score (nSPS) is 12.5. The van der Waals surface area contributed by atoms with Crippen LogP contribution in [-0.2, 0) is 12.6 Å². The molecule has 41 heavy (non-hydrogen) atoms. The number of benzene rings is 3. The minimum atomic E-state index is -4.45. The summed E-state index contributed by atoms with van der Waals surface area (Å²) in [5, 5.41) is 2.82. The zero-order valence-corrected chi connectivity index (χ0v) is 24.7. The van der Waals surface area contributed by atoms with Gasteiger partial charge < -0.3 is 24.3 Å². The Balaban J connectivity index is 0.00000588. The largest absolute Gasteiger partial charge is 0.493 e. The first-order valence-corrected chi connectivity index (χ1v) is 12.8. The summed E-state index contributed by atoms with van der Waals surface area (Å²) in [7, 11) is 8.48. The molecule has 0 saturated carbocycles. The lowest BCUT2D eigenvalue weighted by atomic mass is 10.1. The number of nitrogens with zero attached hydrogens (tertiary/aromatic N) is 1. The fraction of sp³-hybridized carbons (Fsp3) is 0.367. The molecule has 1 N–H and O–H groups in total. The maximum Gasteiger partial charge on any atom is 0.416 e. The van der Waals surface area contributed by atoms with Crippen LogP contribution in [-0.4, -0.2) is 61.0 Å². The van der Waals surface area contributed by atoms with Crippen molar-refractivity contribution in [3.05, 3.63) is 77.4 Å². The first-order chi connectivity index (χ1) is 19.0. The molecule has 0 radical (unpaired) electrons. The van der Waals surface area contributed by atoms with Gasteiger partial charge in [0.1, 0.15) is 5.69 Å². The van der Waals surface area contributed by atoms with Gasteiger partial charge in [-0.2, -0.15) is 13.2 Å². The molecule has 7 nitrogen and oxygen atoms in total. The predicted molar refractivity (Wildman–Crippen MR) is 156 cm³/mol. The van der Waals surface area contributed by atoms with Gasteiger partial charge in [0.15, 0.2) is 23.0 Å². The summed E-state index contributed by atoms with van der Waals surface area (Å²) >= 11 is 0. The van der Waals surface area contributed by atoms with E-state index in [1.807, 2.05) is 36.4 Å². The van der Waals surface area contributed by atoms with Crippen LogP contribution in [0.2, 0.25) is 0 Å². The molecule has 3 rings (SSSR count). The highest BCUT2D eigenvalue weighted by Gasteiger charge is 2.30. The van der Waals surface area contributed by atoms with Gasteiger partial charge in [-0.25, -0.2) is 0 Å². The van der Waals surface area contributed by atoms with E-state index in [0.29, 0.717) is 47.0 Å². The predicted octanol–water partition coefficient (Wildman–Crippen LogP) is 6.16. The van der Waals surface area contributed by atoms with E-state index >= 15 is 0 Å². The molecule has 0 bridgehead atoms. The molecular weight excluding hydrogens is 561 g/mol. The van der Waals surface area contributed by atoms with E-state index in [-0.39, 0.29) is 18.0 Å². The van der Waals surface area contributed by atoms with Gasteiger partial charge in [-0.1, -0.05) is 6.07 Å². The number of nitrogens with one attached hydrogen (secondary N) is 1. The van der Waals surface area contributed by atoms with E-state index in [1.165, 1.54) is 12.1 Å². The molecule has 0 saturated heterocycles. The molecule has 0 aliphatic carbocycles. The van der Waals surface area contributed by atoms with E-state index in [1.54, 1.807) is 28.4 Å². The number of likely N-dealkylation sites (N-methyl/N-ethyl adjacent to an activating group) is 1. The number of ether oxygens (including phenoxy) is 4. The molecule has 1 atom stereocenters. The molecular formula is C30H37ClF3N2O5+. The number of hydrogen-bond acceptors (Lipinski definition) is 5. The van der Waals surface area contributed by atoms with Gasteiger partial charge in [0.2, 0.25) is 0 Å². The van der Waals surface area contributed by atoms with Crippen LogP contribution >= 0.6 is 12.4 Å². The van der Waals surface area contributed by atoms with Crippen LogP contribution in [0.3, 0.4) is 0 Å². The summed E-state index contributed by atoms with van der Waals surface area (Å²) in [6.45, 7) is 1.77. The highest BCUT2D eigenvalue weighted by molar-refractivity contribution is 5.94. The van der Waals surface area contributed by atoms with Crippen molar-refractivity contribution in [2.24, 2.45) is 0 Å². The second-order valence-corrected chi connectivity index (χ2v) is 9.51. The fourth-order valence-electron chi connectivity index (χ4n) is 4.49. The first-order valence-electron chi connectivity index (χ1n) is 12.8. The van der Waals surface area contributed by atoms with E-state index in [9.17, 15) is 18.0 Å². The van der Waals surface area contributed by atoms with Crippen LogP contribution in [0.4, 0.5) is 18.9 Å². The van der Waals surface area contributed by atoms with Crippen molar-refractivity contribution in [2.75, 3.05) is 55.1 Å². The summed E-state index contributed by atoms with van der Waals surface area (Å²) in [6.07, 6.45) is -3.08. The van der Waals surface area contributed by atoms with E-state index < -0.39 is 17.6 Å². The molecule has 0 aliphatic heterocycles. The topological polar surface area (TPSA) is 66.0 Å². The van der Waals surface area contributed by atoms with Gasteiger partial charge in [-0.3, -0.25) is 9.28 Å². The summed E-state index contributed by atoms with van der Waals surface area (Å²) < 4.78 is 60.8. The molecule has 11 heteroatoms. The van der Waals surface area contributed by atoms with Crippen LogP contribution in [0.1, 0.15) is 27.9 Å². The van der Waals surface area contributed by atoms with E-state index in [4.69, 9.17) is 18.9 Å². The number of alkyl halides is 3. The Labute approximate surface area is 245 Å². The number of hydrogen-bond donors (Lipinski definition) is 1. The number of halogens is 4. The van der Waals surface area contributed by atoms with Crippen molar-refractivity contribution < 1.29 is 36.9 Å². The summed E-state index contributed by atoms with van der Waals surface area (Å²) in [5.41, 5.74) is 1.48. The monoisotopic (exact) mass is 597 g/mol. The number of amides is 1. The van der Waals surface area contributed by atoms with Gasteiger partial charge in [-0.05, 0) is 48.0 Å². The Bertz CT molecular complexity index is 1290. The molecule has 3 aromatic rings. The lowest BCUT2D eigenvalue weighted by Crippen LogP contribution is -2.48. The van der Waals surface area contributed by atoms with E-state index in [0.717, 1.165) is 36.3 Å². The number of carbonyl (C=O) groups is 1. The van der Waals surface area contributed by atoms with Gasteiger partial charge in [0, 0.05) is 37.1 Å². The van der Waals surface area contributed by atoms with Crippen LogP contribution < -0.4 is 28.7 Å². The highest BCUT2D eigenvalue weighted by atomic mass is 35.5. The highest BCUT2D eigenvalue weighted by Crippen LogP contribution is 2.35. The average molecular weight is 598 g/mol. The molecule has 0 fully saturated rings. The number of carbonyl (C=O) groups excluding carboxylic acids is 1. The second kappa shape index (κ2) is 14.8. The van der Waals surface area contributed by atoms with Gasteiger partial charge >= 0.3 is 6.18 Å². The Kier molecular flexibility index (Phi) is 12.2. The molecule has 1 unspecified atom stereocenters. The van der Waals surface area contributed by atoms with Gasteiger partial charge in [0.25, 0.3) is 5.91 Å². The number of quaternary nitrogens is 1. The lowest BCUT2D eigenvalue weighted by Gasteiger charge is -2.35. The Hall–Kier alpha value is -3.63. The van der Waals surface area contributed by atoms with Crippen molar-refractivity contribution in [2.45, 2.75) is 19.0 Å². The maximum atomic E-state index is 12.8. The summed E-state index contributed by atoms with van der Waals surface area (Å²) in [4.78, 5) is 12.5. The standard InChI is InChI=1S/C30H35F3N2O5.ClH/c1-35(24-12-14-26(38-3)28(20-24)40-5,18-15-21-7-13-25(37-2)27(19-21)39-4)17-6-16-34-29(36)22-8-10-23(11-9-22)30(31,32)33;/h7-14,19-20H,6,15-18H2,1-5H3;1H/p+1. The van der Waals surface area contributed by atoms with Crippen molar-refractivity contribution in [1.82, 2.24) is 9.80 Å². The molecule has 0 aliphatic rings. The van der Waals surface area contributed by atoms with Gasteiger partial charge in [-0.15, -0.1) is 12.4 Å². The van der Waals surface area contributed by atoms with Crippen LogP contribution in [0.15, 0.2) is 60.7 Å². The smallest absolute Gasteiger partial charge is 0.416 e. The summed E-state index contributed by atoms with van der Waals surface area (Å²) in [6, 6.07) is 15.9. The Morgan fingerprint density at radius 3 is 1.90 bits per heavy atom. The van der Waals surface area contributed by atoms with Crippen molar-refractivity contribution in [3.63, 3.8) is 0 Å². The van der Waals surface area contributed by atoms with Crippen molar-refractivity contribution in [3.8, 4) is 23.0 Å². The number of rotatable bonds is 13. The Morgan fingerprint density at radius 1 is 0.780 bits per heavy atom. The van der Waals surface area contributed by atoms with Crippen molar-refractivity contribution >= 4 is 24.0 Å². The quantitative estimate of drug-likeness (QED) is 0.189. The molecule has 224 valence electrons. The van der Waals surface area contributed by atoms with Crippen LogP contribution in [0.25, 0.3) is 0 Å². The molecule has 3 aromatic carbocycles. The zero-order chi connectivity index (χ0) is 29.3. The fourth-order valence-corrected chi connectivity index (χ4v) is 4.49.